The lowest BCUT2D eigenvalue weighted by molar-refractivity contribution is -0.996. The van der Waals surface area contributed by atoms with Gasteiger partial charge in [0.1, 0.15) is 5.54 Å². The number of nitrogens with zero attached hydrogens (tertiary/aromatic N) is 1. The van der Waals surface area contributed by atoms with E-state index in [4.69, 9.17) is 0 Å². The van der Waals surface area contributed by atoms with Gasteiger partial charge in [-0.1, -0.05) is 36.4 Å². The van der Waals surface area contributed by atoms with Crippen LogP contribution in [0.25, 0.3) is 0 Å². The molecule has 1 N–H and O–H groups in total. The van der Waals surface area contributed by atoms with Crippen LogP contribution in [0, 0.1) is 11.6 Å². The van der Waals surface area contributed by atoms with Gasteiger partial charge < -0.3 is 9.80 Å². The molecule has 4 fully saturated rings. The number of hydrogen-bond acceptors (Lipinski definition) is 1. The molecular formula is C35H35F8N2O+. The first-order valence-electron chi connectivity index (χ1n) is 15.5. The summed E-state index contributed by atoms with van der Waals surface area (Å²) in [4.78, 5) is 12.7. The first kappa shape index (κ1) is 32.5. The van der Waals surface area contributed by atoms with E-state index in [-0.39, 0.29) is 43.3 Å². The molecule has 3 aromatic carbocycles. The standard InChI is InChI=1S/C35H34F8N2O/c1-2-45-14-12-31(13-15-45,24-6-4-3-5-7-24)21-33(45,20-23-16-26(34(38,39)40)18-27(17-23)35(41,42)43)32(11-10-30(46)44-22-32)25-8-9-28(36)29(37)19-25/h3-9,16-19H,2,10-15,20-22H2,1H3/p+1. The highest BCUT2D eigenvalue weighted by Gasteiger charge is 2.71. The number of quaternary nitrogens is 1. The maximum Gasteiger partial charge on any atom is 0.416 e. The molecule has 0 saturated carbocycles. The number of benzene rings is 3. The highest BCUT2D eigenvalue weighted by Crippen LogP contribution is 2.62. The Labute approximate surface area is 262 Å². The van der Waals surface area contributed by atoms with Crippen molar-refractivity contribution in [1.29, 1.82) is 0 Å². The molecule has 4 heterocycles. The fourth-order valence-electron chi connectivity index (χ4n) is 9.17. The predicted molar refractivity (Wildman–Crippen MR) is 156 cm³/mol. The second-order valence-corrected chi connectivity index (χ2v) is 13.3. The molecule has 3 aromatic rings. The Morgan fingerprint density at radius 2 is 1.41 bits per heavy atom. The van der Waals surface area contributed by atoms with Crippen LogP contribution in [0.2, 0.25) is 0 Å². The minimum absolute atomic E-state index is 0.0131. The van der Waals surface area contributed by atoms with Crippen molar-refractivity contribution in [1.82, 2.24) is 5.32 Å². The van der Waals surface area contributed by atoms with Gasteiger partial charge in [0.15, 0.2) is 11.6 Å². The lowest BCUT2D eigenvalue weighted by atomic mass is 9.47. The Bertz CT molecular complexity index is 1580. The molecule has 0 spiro atoms. The molecule has 246 valence electrons. The summed E-state index contributed by atoms with van der Waals surface area (Å²) in [7, 11) is 0. The molecule has 4 saturated heterocycles. The number of halogens is 8. The maximum absolute atomic E-state index is 15.1. The molecule has 4 aliphatic heterocycles. The third-order valence-electron chi connectivity index (χ3n) is 11.4. The summed E-state index contributed by atoms with van der Waals surface area (Å²) in [6, 6.07) is 15.0. The number of rotatable bonds is 6. The van der Waals surface area contributed by atoms with Crippen LogP contribution in [0.4, 0.5) is 35.1 Å². The van der Waals surface area contributed by atoms with Crippen molar-refractivity contribution in [3.8, 4) is 0 Å². The third-order valence-corrected chi connectivity index (χ3v) is 11.4. The number of likely N-dealkylation sites (N-methyl/N-ethyl adjacent to an activating group) is 1. The summed E-state index contributed by atoms with van der Waals surface area (Å²) >= 11 is 0. The molecular weight excluding hydrogens is 616 g/mol. The van der Waals surface area contributed by atoms with Crippen molar-refractivity contribution in [2.24, 2.45) is 0 Å². The van der Waals surface area contributed by atoms with Crippen molar-refractivity contribution in [3.63, 3.8) is 0 Å². The molecule has 2 atom stereocenters. The number of alkyl halides is 6. The fourth-order valence-corrected chi connectivity index (χ4v) is 9.17. The second-order valence-electron chi connectivity index (χ2n) is 13.3. The Balaban J connectivity index is 1.66. The number of carbonyl (C=O) groups is 1. The average Bonchev–Trinajstić information content (AvgIpc) is 3.03. The minimum Gasteiger partial charge on any atom is -0.355 e. The maximum atomic E-state index is 15.1. The Hall–Kier alpha value is -3.47. The predicted octanol–water partition coefficient (Wildman–Crippen LogP) is 8.10. The van der Waals surface area contributed by atoms with E-state index in [1.807, 2.05) is 37.3 Å². The lowest BCUT2D eigenvalue weighted by Gasteiger charge is -2.71. The molecule has 2 unspecified atom stereocenters. The van der Waals surface area contributed by atoms with Crippen LogP contribution in [0.3, 0.4) is 0 Å². The van der Waals surface area contributed by atoms with Crippen molar-refractivity contribution in [2.75, 3.05) is 26.2 Å². The minimum atomic E-state index is -5.03. The van der Waals surface area contributed by atoms with E-state index >= 15 is 4.39 Å². The van der Waals surface area contributed by atoms with E-state index in [1.165, 1.54) is 6.07 Å². The number of amides is 1. The van der Waals surface area contributed by atoms with Crippen LogP contribution in [0.5, 0.6) is 0 Å². The molecule has 46 heavy (non-hydrogen) atoms. The zero-order chi connectivity index (χ0) is 33.2. The van der Waals surface area contributed by atoms with E-state index < -0.39 is 51.5 Å². The lowest BCUT2D eigenvalue weighted by Crippen LogP contribution is -2.83. The highest BCUT2D eigenvalue weighted by molar-refractivity contribution is 5.77. The average molecular weight is 652 g/mol. The summed E-state index contributed by atoms with van der Waals surface area (Å²) in [5.41, 5.74) is -4.28. The highest BCUT2D eigenvalue weighted by atomic mass is 19.4. The Morgan fingerprint density at radius 1 is 0.783 bits per heavy atom. The first-order chi connectivity index (χ1) is 21.6. The van der Waals surface area contributed by atoms with E-state index in [1.54, 1.807) is 0 Å². The quantitative estimate of drug-likeness (QED) is 0.212. The number of nitrogens with one attached hydrogen (secondary N) is 1. The number of piperidine rings is 4. The van der Waals surface area contributed by atoms with E-state index in [0.717, 1.165) is 42.7 Å². The monoisotopic (exact) mass is 651 g/mol. The molecule has 2 bridgehead atoms. The Morgan fingerprint density at radius 3 is 1.93 bits per heavy atom. The van der Waals surface area contributed by atoms with Crippen molar-refractivity contribution in [2.45, 2.75) is 74.2 Å². The fraction of sp³-hybridized carbons (Fsp3) is 0.457. The topological polar surface area (TPSA) is 29.1 Å². The van der Waals surface area contributed by atoms with Gasteiger partial charge in [-0.25, -0.2) is 8.78 Å². The normalized spacial score (nSPS) is 29.9. The van der Waals surface area contributed by atoms with E-state index in [9.17, 15) is 35.5 Å². The van der Waals surface area contributed by atoms with Gasteiger partial charge >= 0.3 is 12.4 Å². The van der Waals surface area contributed by atoms with Gasteiger partial charge in [0, 0.05) is 44.1 Å². The third kappa shape index (κ3) is 5.09. The van der Waals surface area contributed by atoms with Crippen LogP contribution in [0.15, 0.2) is 66.7 Å². The largest absolute Gasteiger partial charge is 0.416 e. The van der Waals surface area contributed by atoms with Crippen molar-refractivity contribution < 1.29 is 44.4 Å². The zero-order valence-electron chi connectivity index (χ0n) is 25.3. The van der Waals surface area contributed by atoms with Crippen LogP contribution in [-0.2, 0) is 34.4 Å². The smallest absolute Gasteiger partial charge is 0.355 e. The van der Waals surface area contributed by atoms with Gasteiger partial charge in [-0.05, 0) is 60.4 Å². The zero-order valence-corrected chi connectivity index (χ0v) is 25.3. The van der Waals surface area contributed by atoms with Crippen molar-refractivity contribution >= 4 is 5.91 Å². The molecule has 0 aromatic heterocycles. The summed E-state index contributed by atoms with van der Waals surface area (Å²) in [5.74, 6) is -2.45. The van der Waals surface area contributed by atoms with Gasteiger partial charge in [-0.2, -0.15) is 26.3 Å². The van der Waals surface area contributed by atoms with Gasteiger partial charge in [0.25, 0.3) is 0 Å². The van der Waals surface area contributed by atoms with E-state index in [0.29, 0.717) is 36.1 Å². The van der Waals surface area contributed by atoms with Crippen LogP contribution >= 0.6 is 0 Å². The molecule has 0 radical (unpaired) electrons. The second kappa shape index (κ2) is 11.1. The van der Waals surface area contributed by atoms with Gasteiger partial charge in [-0.15, -0.1) is 0 Å². The number of carbonyl (C=O) groups excluding carboxylic acids is 1. The molecule has 3 nitrogen and oxygen atoms in total. The summed E-state index contributed by atoms with van der Waals surface area (Å²) < 4.78 is 114. The van der Waals surface area contributed by atoms with Gasteiger partial charge in [0.05, 0.1) is 36.2 Å². The number of hydrogen-bond donors (Lipinski definition) is 1. The van der Waals surface area contributed by atoms with Crippen LogP contribution < -0.4 is 5.32 Å². The summed E-state index contributed by atoms with van der Waals surface area (Å²) in [6.07, 6.45) is -8.24. The first-order valence-corrected chi connectivity index (χ1v) is 15.5. The van der Waals surface area contributed by atoms with Crippen molar-refractivity contribution in [3.05, 3.63) is 106 Å². The number of fused-ring (bicyclic) bond motifs is 3. The molecule has 4 aliphatic rings. The SMILES string of the molecule is CC[N+]12CCC(c3ccccc3)(CC1)CC2(Cc1cc(C(F)(F)F)cc(C(F)(F)F)c1)C1(c2ccc(F)c(F)c2)CCC(=O)NC1. The summed E-state index contributed by atoms with van der Waals surface area (Å²) in [5, 5.41) is 2.91. The van der Waals surface area contributed by atoms with Gasteiger partial charge in [0.2, 0.25) is 5.91 Å². The molecule has 11 heteroatoms. The summed E-state index contributed by atoms with van der Waals surface area (Å²) in [6.45, 7) is 3.61. The van der Waals surface area contributed by atoms with E-state index in [2.05, 4.69) is 5.32 Å². The molecule has 7 rings (SSSR count). The van der Waals surface area contributed by atoms with Crippen LogP contribution in [-0.4, -0.2) is 42.1 Å². The Kier molecular flexibility index (Phi) is 7.81. The van der Waals surface area contributed by atoms with Gasteiger partial charge in [-0.3, -0.25) is 4.79 Å². The molecule has 0 aliphatic carbocycles. The van der Waals surface area contributed by atoms with Crippen LogP contribution in [0.1, 0.15) is 66.8 Å². The molecule has 1 amide bonds.